The fourth-order valence-electron chi connectivity index (χ4n) is 1.05. The molecule has 0 aliphatic heterocycles. The van der Waals surface area contributed by atoms with Crippen molar-refractivity contribution < 1.29 is 26.7 Å². The highest BCUT2D eigenvalue weighted by Gasteiger charge is 2.38. The third-order valence-corrected chi connectivity index (χ3v) is 2.33. The zero-order valence-electron chi connectivity index (χ0n) is 7.78. The maximum absolute atomic E-state index is 12.5. The number of pyridine rings is 1. The van der Waals surface area contributed by atoms with Gasteiger partial charge in [0.25, 0.3) is 6.43 Å². The van der Waals surface area contributed by atoms with E-state index in [4.69, 9.17) is 0 Å². The number of ether oxygens (including phenoxy) is 1. The Morgan fingerprint density at radius 3 is 2.31 bits per heavy atom. The van der Waals surface area contributed by atoms with Crippen LogP contribution in [0.3, 0.4) is 0 Å². The minimum atomic E-state index is -4.88. The topological polar surface area (TPSA) is 22.1 Å². The standard InChI is InChI=1S/C8H5BrF5NO/c1-16-4-2-3(8(12,13)14)5(7(10)11)6(9)15-4/h2,7H,1H3. The van der Waals surface area contributed by atoms with Crippen LogP contribution < -0.4 is 4.74 Å². The van der Waals surface area contributed by atoms with Crippen LogP contribution in [0.4, 0.5) is 22.0 Å². The average Bonchev–Trinajstić information content (AvgIpc) is 2.14. The number of hydrogen-bond donors (Lipinski definition) is 0. The zero-order valence-corrected chi connectivity index (χ0v) is 9.36. The molecule has 0 aromatic carbocycles. The summed E-state index contributed by atoms with van der Waals surface area (Å²) in [5, 5.41) is 0. The second-order valence-corrected chi connectivity index (χ2v) is 3.47. The van der Waals surface area contributed by atoms with E-state index in [0.29, 0.717) is 6.07 Å². The summed E-state index contributed by atoms with van der Waals surface area (Å²) in [5.41, 5.74) is -2.64. The van der Waals surface area contributed by atoms with Crippen LogP contribution in [0.5, 0.6) is 5.88 Å². The van der Waals surface area contributed by atoms with Crippen molar-refractivity contribution in [2.45, 2.75) is 12.6 Å². The molecule has 1 heterocycles. The second kappa shape index (κ2) is 4.52. The Bertz CT molecular complexity index is 393. The molecule has 1 rings (SSSR count). The van der Waals surface area contributed by atoms with Gasteiger partial charge < -0.3 is 4.74 Å². The van der Waals surface area contributed by atoms with Crippen molar-refractivity contribution in [2.75, 3.05) is 7.11 Å². The summed E-state index contributed by atoms with van der Waals surface area (Å²) < 4.78 is 66.2. The SMILES string of the molecule is COc1cc(C(F)(F)F)c(C(F)F)c(Br)n1. The van der Waals surface area contributed by atoms with E-state index in [-0.39, 0.29) is 5.88 Å². The molecular formula is C8H5BrF5NO. The second-order valence-electron chi connectivity index (χ2n) is 2.72. The van der Waals surface area contributed by atoms with Crippen molar-refractivity contribution in [1.29, 1.82) is 0 Å². The number of rotatable bonds is 2. The number of halogens is 6. The highest BCUT2D eigenvalue weighted by atomic mass is 79.9. The van der Waals surface area contributed by atoms with Gasteiger partial charge in [0.15, 0.2) is 0 Å². The first-order valence-corrected chi connectivity index (χ1v) is 4.66. The number of methoxy groups -OCH3 is 1. The van der Waals surface area contributed by atoms with E-state index in [2.05, 4.69) is 25.7 Å². The molecule has 0 spiro atoms. The van der Waals surface area contributed by atoms with Gasteiger partial charge in [0.2, 0.25) is 5.88 Å². The largest absolute Gasteiger partial charge is 0.481 e. The summed E-state index contributed by atoms with van der Waals surface area (Å²) in [7, 11) is 1.09. The molecule has 90 valence electrons. The maximum Gasteiger partial charge on any atom is 0.417 e. The first-order chi connectivity index (χ1) is 7.27. The molecule has 0 aliphatic rings. The van der Waals surface area contributed by atoms with Gasteiger partial charge in [-0.2, -0.15) is 13.2 Å². The van der Waals surface area contributed by atoms with Crippen LogP contribution in [0.1, 0.15) is 17.6 Å². The van der Waals surface area contributed by atoms with Crippen LogP contribution in [0.15, 0.2) is 10.7 Å². The lowest BCUT2D eigenvalue weighted by Crippen LogP contribution is -2.11. The van der Waals surface area contributed by atoms with Gasteiger partial charge in [-0.25, -0.2) is 13.8 Å². The third kappa shape index (κ3) is 2.60. The van der Waals surface area contributed by atoms with E-state index in [1.807, 2.05) is 0 Å². The lowest BCUT2D eigenvalue weighted by atomic mass is 10.1. The molecule has 0 radical (unpaired) electrons. The molecule has 2 nitrogen and oxygen atoms in total. The van der Waals surface area contributed by atoms with Crippen molar-refractivity contribution in [2.24, 2.45) is 0 Å². The monoisotopic (exact) mass is 305 g/mol. The van der Waals surface area contributed by atoms with E-state index in [1.165, 1.54) is 0 Å². The summed E-state index contributed by atoms with van der Waals surface area (Å²) in [6.45, 7) is 0. The molecule has 0 unspecified atom stereocenters. The fourth-order valence-corrected chi connectivity index (χ4v) is 1.61. The molecule has 16 heavy (non-hydrogen) atoms. The number of hydrogen-bond acceptors (Lipinski definition) is 2. The first-order valence-electron chi connectivity index (χ1n) is 3.87. The molecule has 0 atom stereocenters. The van der Waals surface area contributed by atoms with Crippen molar-refractivity contribution in [3.63, 3.8) is 0 Å². The summed E-state index contributed by atoms with van der Waals surface area (Å²) >= 11 is 2.56. The van der Waals surface area contributed by atoms with Gasteiger partial charge in [0.1, 0.15) is 4.60 Å². The smallest absolute Gasteiger partial charge is 0.417 e. The first kappa shape index (κ1) is 13.1. The molecule has 1 aromatic heterocycles. The highest BCUT2D eigenvalue weighted by molar-refractivity contribution is 9.10. The minimum Gasteiger partial charge on any atom is -0.481 e. The quantitative estimate of drug-likeness (QED) is 0.612. The fraction of sp³-hybridized carbons (Fsp3) is 0.375. The number of alkyl halides is 5. The molecule has 0 aliphatic carbocycles. The number of aromatic nitrogens is 1. The molecular weight excluding hydrogens is 301 g/mol. The molecule has 0 bridgehead atoms. The van der Waals surface area contributed by atoms with Gasteiger partial charge in [-0.05, 0) is 15.9 Å². The van der Waals surface area contributed by atoms with Crippen LogP contribution in [-0.4, -0.2) is 12.1 Å². The van der Waals surface area contributed by atoms with E-state index < -0.39 is 28.3 Å². The van der Waals surface area contributed by atoms with Crippen LogP contribution >= 0.6 is 15.9 Å². The van der Waals surface area contributed by atoms with Gasteiger partial charge in [-0.1, -0.05) is 0 Å². The minimum absolute atomic E-state index is 0.386. The molecule has 0 N–H and O–H groups in total. The van der Waals surface area contributed by atoms with Crippen molar-refractivity contribution >= 4 is 15.9 Å². The summed E-state index contributed by atoms with van der Waals surface area (Å²) in [4.78, 5) is 3.40. The zero-order chi connectivity index (χ0) is 12.5. The lowest BCUT2D eigenvalue weighted by molar-refractivity contribution is -0.139. The molecule has 0 saturated carbocycles. The maximum atomic E-state index is 12.5. The average molecular weight is 306 g/mol. The third-order valence-electron chi connectivity index (χ3n) is 1.72. The molecule has 0 amide bonds. The normalized spacial score (nSPS) is 12.0. The Morgan fingerprint density at radius 1 is 1.38 bits per heavy atom. The Labute approximate surface area is 95.6 Å². The van der Waals surface area contributed by atoms with Gasteiger partial charge in [0, 0.05) is 6.07 Å². The molecule has 8 heteroatoms. The highest BCUT2D eigenvalue weighted by Crippen LogP contribution is 2.40. The predicted molar refractivity (Wildman–Crippen MR) is 48.4 cm³/mol. The van der Waals surface area contributed by atoms with Crippen LogP contribution in [0, 0.1) is 0 Å². The molecule has 1 aromatic rings. The van der Waals surface area contributed by atoms with Crippen LogP contribution in [-0.2, 0) is 6.18 Å². The van der Waals surface area contributed by atoms with Gasteiger partial charge in [0.05, 0.1) is 18.2 Å². The van der Waals surface area contributed by atoms with E-state index in [9.17, 15) is 22.0 Å². The van der Waals surface area contributed by atoms with E-state index >= 15 is 0 Å². The van der Waals surface area contributed by atoms with Crippen LogP contribution in [0.25, 0.3) is 0 Å². The summed E-state index contributed by atoms with van der Waals surface area (Å²) in [6.07, 6.45) is -8.16. The molecule has 0 saturated heterocycles. The lowest BCUT2D eigenvalue weighted by Gasteiger charge is -2.14. The van der Waals surface area contributed by atoms with Crippen LogP contribution in [0.2, 0.25) is 0 Å². The van der Waals surface area contributed by atoms with Gasteiger partial charge >= 0.3 is 6.18 Å². The summed E-state index contributed by atoms with van der Waals surface area (Å²) in [5.74, 6) is -0.386. The number of nitrogens with zero attached hydrogens (tertiary/aromatic N) is 1. The van der Waals surface area contributed by atoms with E-state index in [0.717, 1.165) is 7.11 Å². The predicted octanol–water partition coefficient (Wildman–Crippen LogP) is 3.81. The Morgan fingerprint density at radius 2 is 1.94 bits per heavy atom. The molecule has 0 fully saturated rings. The van der Waals surface area contributed by atoms with E-state index in [1.54, 1.807) is 0 Å². The van der Waals surface area contributed by atoms with Crippen molar-refractivity contribution in [3.05, 3.63) is 21.8 Å². The Balaban J connectivity index is 3.47. The van der Waals surface area contributed by atoms with Crippen molar-refractivity contribution in [3.8, 4) is 5.88 Å². The Hall–Kier alpha value is -0.920. The summed E-state index contributed by atoms with van der Waals surface area (Å²) in [6, 6.07) is 0.437. The van der Waals surface area contributed by atoms with Gasteiger partial charge in [-0.15, -0.1) is 0 Å². The Kier molecular flexibility index (Phi) is 3.72. The van der Waals surface area contributed by atoms with Gasteiger partial charge in [-0.3, -0.25) is 0 Å². The van der Waals surface area contributed by atoms with Crippen molar-refractivity contribution in [1.82, 2.24) is 4.98 Å².